The maximum atomic E-state index is 13.1. The highest BCUT2D eigenvalue weighted by atomic mass is 35.5. The molecule has 0 atom stereocenters. The number of carbonyl (C=O) groups excluding carboxylic acids is 1. The first-order valence-corrected chi connectivity index (χ1v) is 11.6. The number of fused-ring (bicyclic) bond motifs is 2. The van der Waals surface area contributed by atoms with Gasteiger partial charge in [0.15, 0.2) is 0 Å². The number of likely N-dealkylation sites (tertiary alicyclic amines) is 1. The fourth-order valence-electron chi connectivity index (χ4n) is 4.54. The normalized spacial score (nSPS) is 16.2. The molecule has 0 radical (unpaired) electrons. The second-order valence-corrected chi connectivity index (χ2v) is 9.26. The average Bonchev–Trinajstić information content (AvgIpc) is 3.11. The highest BCUT2D eigenvalue weighted by molar-refractivity contribution is 7.14. The van der Waals surface area contributed by atoms with E-state index in [4.69, 9.17) is 0 Å². The van der Waals surface area contributed by atoms with E-state index >= 15 is 0 Å². The first kappa shape index (κ1) is 24.0. The van der Waals surface area contributed by atoms with Gasteiger partial charge in [-0.2, -0.15) is 0 Å². The fraction of sp³-hybridized carbons (Fsp3) is 0.458. The third-order valence-corrected chi connectivity index (χ3v) is 7.35. The van der Waals surface area contributed by atoms with Gasteiger partial charge >= 0.3 is 0 Å². The van der Waals surface area contributed by atoms with Gasteiger partial charge in [-0.25, -0.2) is 0 Å². The second kappa shape index (κ2) is 10.7. The minimum atomic E-state index is -0.104. The van der Waals surface area contributed by atoms with E-state index in [0.29, 0.717) is 4.88 Å². The summed E-state index contributed by atoms with van der Waals surface area (Å²) in [4.78, 5) is 19.0. The van der Waals surface area contributed by atoms with E-state index in [1.165, 1.54) is 32.7 Å². The maximum Gasteiger partial charge on any atom is 0.264 e. The van der Waals surface area contributed by atoms with Gasteiger partial charge in [0, 0.05) is 31.1 Å². The van der Waals surface area contributed by atoms with Crippen LogP contribution in [0.2, 0.25) is 0 Å². The van der Waals surface area contributed by atoms with Crippen molar-refractivity contribution < 1.29 is 15.0 Å². The number of hydrogen-bond acceptors (Lipinski definition) is 5. The summed E-state index contributed by atoms with van der Waals surface area (Å²) in [6, 6.07) is 10.8. The molecule has 0 saturated carbocycles. The van der Waals surface area contributed by atoms with Gasteiger partial charge in [0.25, 0.3) is 5.91 Å². The molecule has 2 N–H and O–H groups in total. The number of benzene rings is 1. The van der Waals surface area contributed by atoms with Crippen molar-refractivity contribution in [1.82, 2.24) is 9.80 Å². The Bertz CT molecular complexity index is 940. The van der Waals surface area contributed by atoms with Crippen LogP contribution < -0.4 is 0 Å². The monoisotopic (exact) mass is 462 g/mol. The summed E-state index contributed by atoms with van der Waals surface area (Å²) in [6.07, 6.45) is 4.02. The van der Waals surface area contributed by atoms with Crippen molar-refractivity contribution in [2.45, 2.75) is 25.7 Å². The number of carbonyl (C=O) groups is 1. The van der Waals surface area contributed by atoms with Gasteiger partial charge < -0.3 is 20.0 Å². The first-order valence-electron chi connectivity index (χ1n) is 10.7. The summed E-state index contributed by atoms with van der Waals surface area (Å²) >= 11 is 1.58. The van der Waals surface area contributed by atoms with E-state index in [9.17, 15) is 15.0 Å². The molecule has 1 aromatic carbocycles. The van der Waals surface area contributed by atoms with Gasteiger partial charge in [0.1, 0.15) is 0 Å². The van der Waals surface area contributed by atoms with Crippen molar-refractivity contribution >= 4 is 35.2 Å². The molecule has 4 rings (SSSR count). The zero-order valence-corrected chi connectivity index (χ0v) is 19.6. The number of piperidine rings is 1. The van der Waals surface area contributed by atoms with E-state index in [1.807, 2.05) is 0 Å². The lowest BCUT2D eigenvalue weighted by Gasteiger charge is -2.27. The molecule has 1 saturated heterocycles. The number of hydrogen-bond donors (Lipinski definition) is 2. The van der Waals surface area contributed by atoms with E-state index < -0.39 is 0 Å². The Balaban J connectivity index is 0.00000272. The number of rotatable bonds is 5. The van der Waals surface area contributed by atoms with E-state index in [-0.39, 0.29) is 44.6 Å². The largest absolute Gasteiger partial charge is 0.395 e. The minimum Gasteiger partial charge on any atom is -0.395 e. The molecular weight excluding hydrogens is 432 g/mol. The summed E-state index contributed by atoms with van der Waals surface area (Å²) in [6.45, 7) is 2.40. The van der Waals surface area contributed by atoms with Crippen LogP contribution in [0.4, 0.5) is 0 Å². The Kier molecular flexibility index (Phi) is 8.30. The third kappa shape index (κ3) is 5.04. The van der Waals surface area contributed by atoms with Gasteiger partial charge in [-0.3, -0.25) is 4.79 Å². The van der Waals surface area contributed by atoms with Gasteiger partial charge in [0.05, 0.1) is 18.1 Å². The molecule has 0 bridgehead atoms. The van der Waals surface area contributed by atoms with Gasteiger partial charge in [0.2, 0.25) is 0 Å². The first-order chi connectivity index (χ1) is 14.6. The van der Waals surface area contributed by atoms with Crippen LogP contribution in [0, 0.1) is 0 Å². The molecule has 0 unspecified atom stereocenters. The van der Waals surface area contributed by atoms with Crippen LogP contribution in [-0.4, -0.2) is 72.4 Å². The zero-order valence-electron chi connectivity index (χ0n) is 18.0. The molecule has 2 aliphatic rings. The number of amides is 1. The van der Waals surface area contributed by atoms with Crippen LogP contribution in [0.3, 0.4) is 0 Å². The summed E-state index contributed by atoms with van der Waals surface area (Å²) in [5, 5.41) is 18.6. The van der Waals surface area contributed by atoms with Gasteiger partial charge in [-0.05, 0) is 61.1 Å². The molecular formula is C24H31ClN2O3S. The molecule has 7 heteroatoms. The van der Waals surface area contributed by atoms with E-state index in [0.717, 1.165) is 38.8 Å². The lowest BCUT2D eigenvalue weighted by Crippen LogP contribution is -2.35. The van der Waals surface area contributed by atoms with Crippen LogP contribution in [0.15, 0.2) is 35.9 Å². The van der Waals surface area contributed by atoms with Crippen LogP contribution >= 0.6 is 23.7 Å². The van der Waals surface area contributed by atoms with Gasteiger partial charge in [-0.1, -0.05) is 29.8 Å². The molecule has 1 aromatic heterocycles. The Labute approximate surface area is 194 Å². The Morgan fingerprint density at radius 2 is 1.71 bits per heavy atom. The number of aliphatic hydroxyl groups excluding tert-OH is 2. The van der Waals surface area contributed by atoms with Crippen molar-refractivity contribution in [3.63, 3.8) is 0 Å². The molecule has 31 heavy (non-hydrogen) atoms. The highest BCUT2D eigenvalue weighted by Gasteiger charge is 2.27. The summed E-state index contributed by atoms with van der Waals surface area (Å²) < 4.78 is 0. The highest BCUT2D eigenvalue weighted by Crippen LogP contribution is 2.41. The third-order valence-electron chi connectivity index (χ3n) is 6.17. The van der Waals surface area contributed by atoms with E-state index in [2.05, 4.69) is 42.3 Å². The molecule has 1 aliphatic heterocycles. The summed E-state index contributed by atoms with van der Waals surface area (Å²) in [5.74, 6) is -0.0998. The minimum absolute atomic E-state index is 0. The summed E-state index contributed by atoms with van der Waals surface area (Å²) in [7, 11) is 2.17. The number of nitrogens with zero attached hydrogens (tertiary/aromatic N) is 2. The molecule has 1 amide bonds. The topological polar surface area (TPSA) is 64.0 Å². The number of thiophene rings is 1. The zero-order chi connectivity index (χ0) is 21.1. The Morgan fingerprint density at radius 1 is 1.03 bits per heavy atom. The predicted molar refractivity (Wildman–Crippen MR) is 128 cm³/mol. The van der Waals surface area contributed by atoms with Crippen molar-refractivity contribution in [1.29, 1.82) is 0 Å². The lowest BCUT2D eigenvalue weighted by molar-refractivity contribution is 0.0689. The van der Waals surface area contributed by atoms with Crippen LogP contribution in [0.25, 0.3) is 5.57 Å². The Morgan fingerprint density at radius 3 is 2.39 bits per heavy atom. The van der Waals surface area contributed by atoms with E-state index in [1.54, 1.807) is 16.2 Å². The smallest absolute Gasteiger partial charge is 0.264 e. The quantitative estimate of drug-likeness (QED) is 0.716. The molecule has 168 valence electrons. The predicted octanol–water partition coefficient (Wildman–Crippen LogP) is 3.22. The Hall–Kier alpha value is -1.70. The van der Waals surface area contributed by atoms with Crippen molar-refractivity contribution in [2.75, 3.05) is 46.4 Å². The van der Waals surface area contributed by atoms with Crippen molar-refractivity contribution in [2.24, 2.45) is 0 Å². The van der Waals surface area contributed by atoms with Crippen molar-refractivity contribution in [3.8, 4) is 0 Å². The van der Waals surface area contributed by atoms with Crippen LogP contribution in [-0.2, 0) is 12.8 Å². The number of aryl methyl sites for hydroxylation is 2. The van der Waals surface area contributed by atoms with Crippen molar-refractivity contribution in [3.05, 3.63) is 62.3 Å². The molecule has 0 spiro atoms. The molecule has 5 nitrogen and oxygen atoms in total. The van der Waals surface area contributed by atoms with Crippen LogP contribution in [0.5, 0.6) is 0 Å². The lowest BCUT2D eigenvalue weighted by atomic mass is 9.87. The molecule has 2 aromatic rings. The molecule has 2 heterocycles. The second-order valence-electron chi connectivity index (χ2n) is 8.13. The molecule has 1 fully saturated rings. The maximum absolute atomic E-state index is 13.1. The number of halogens is 1. The van der Waals surface area contributed by atoms with Gasteiger partial charge in [-0.15, -0.1) is 23.7 Å². The van der Waals surface area contributed by atoms with Crippen LogP contribution in [0.1, 0.15) is 44.1 Å². The SMILES string of the molecule is CN1CCC(=C2c3ccccc3CCc3sc(C(=O)N(CCO)CCO)cc32)CC1.Cl. The average molecular weight is 463 g/mol. The standard InChI is InChI=1S/C24H30N2O3S.ClH/c1-25-10-8-18(9-11-25)23-19-5-3-2-4-17(19)6-7-21-20(23)16-22(30-21)24(29)26(12-14-27)13-15-28;/h2-5,16,27-28H,6-15H2,1H3;1H. The molecule has 1 aliphatic carbocycles. The summed E-state index contributed by atoms with van der Waals surface area (Å²) in [5.41, 5.74) is 6.73. The fourth-order valence-corrected chi connectivity index (χ4v) is 5.67. The number of aliphatic hydroxyl groups is 2.